The van der Waals surface area contributed by atoms with E-state index in [4.69, 9.17) is 5.11 Å². The quantitative estimate of drug-likeness (QED) is 0.802. The van der Waals surface area contributed by atoms with Crippen LogP contribution < -0.4 is 0 Å². The van der Waals surface area contributed by atoms with Gasteiger partial charge in [-0.05, 0) is 23.3 Å². The summed E-state index contributed by atoms with van der Waals surface area (Å²) in [6.45, 7) is 0.546. The summed E-state index contributed by atoms with van der Waals surface area (Å²) < 4.78 is 2.00. The number of rotatable bonds is 4. The Labute approximate surface area is 127 Å². The summed E-state index contributed by atoms with van der Waals surface area (Å²) in [5.41, 5.74) is 3.33. The van der Waals surface area contributed by atoms with Crippen LogP contribution in [0.3, 0.4) is 0 Å². The first-order chi connectivity index (χ1) is 10.7. The number of fused-ring (bicyclic) bond motifs is 1. The molecule has 1 heterocycles. The number of aromatic nitrogens is 1. The SMILES string of the molecule is N#Cc1ccccc1Cn1cc(CC(=O)O)c2ccccc21. The summed E-state index contributed by atoms with van der Waals surface area (Å²) in [5.74, 6) is -0.847. The van der Waals surface area contributed by atoms with E-state index in [2.05, 4.69) is 6.07 Å². The Balaban J connectivity index is 2.08. The van der Waals surface area contributed by atoms with Gasteiger partial charge in [-0.3, -0.25) is 4.79 Å². The van der Waals surface area contributed by atoms with Crippen molar-refractivity contribution in [1.82, 2.24) is 4.57 Å². The molecule has 2 aromatic carbocycles. The Morgan fingerprint density at radius 1 is 1.09 bits per heavy atom. The van der Waals surface area contributed by atoms with Crippen molar-refractivity contribution in [3.8, 4) is 6.07 Å². The second kappa shape index (κ2) is 5.74. The molecular formula is C18H14N2O2. The van der Waals surface area contributed by atoms with Gasteiger partial charge < -0.3 is 9.67 Å². The first-order valence-electron chi connectivity index (χ1n) is 6.95. The van der Waals surface area contributed by atoms with Crippen LogP contribution in [-0.2, 0) is 17.8 Å². The molecule has 0 spiro atoms. The summed E-state index contributed by atoms with van der Waals surface area (Å²) in [6, 6.07) is 17.4. The summed E-state index contributed by atoms with van der Waals surface area (Å²) in [6.07, 6.45) is 1.86. The third-order valence-corrected chi connectivity index (χ3v) is 3.69. The monoisotopic (exact) mass is 290 g/mol. The fraction of sp³-hybridized carbons (Fsp3) is 0.111. The molecule has 4 nitrogen and oxygen atoms in total. The summed E-state index contributed by atoms with van der Waals surface area (Å²) >= 11 is 0. The van der Waals surface area contributed by atoms with Crippen molar-refractivity contribution in [1.29, 1.82) is 5.26 Å². The molecule has 22 heavy (non-hydrogen) atoms. The van der Waals surface area contributed by atoms with E-state index in [9.17, 15) is 10.1 Å². The van der Waals surface area contributed by atoms with Gasteiger partial charge in [-0.25, -0.2) is 0 Å². The average Bonchev–Trinajstić information content (AvgIpc) is 2.85. The topological polar surface area (TPSA) is 66.0 Å². The normalized spacial score (nSPS) is 10.5. The fourth-order valence-electron chi connectivity index (χ4n) is 2.71. The molecule has 0 atom stereocenters. The van der Waals surface area contributed by atoms with Gasteiger partial charge in [0, 0.05) is 23.6 Å². The lowest BCUT2D eigenvalue weighted by molar-refractivity contribution is -0.136. The Bertz CT molecular complexity index is 887. The predicted molar refractivity (Wildman–Crippen MR) is 83.5 cm³/mol. The highest BCUT2D eigenvalue weighted by Crippen LogP contribution is 2.23. The van der Waals surface area contributed by atoms with Gasteiger partial charge in [-0.15, -0.1) is 0 Å². The number of nitrogens with zero attached hydrogens (tertiary/aromatic N) is 2. The van der Waals surface area contributed by atoms with E-state index >= 15 is 0 Å². The molecule has 0 fully saturated rings. The van der Waals surface area contributed by atoms with E-state index in [0.717, 1.165) is 22.0 Å². The van der Waals surface area contributed by atoms with Crippen molar-refractivity contribution in [3.05, 3.63) is 71.4 Å². The van der Waals surface area contributed by atoms with Crippen LogP contribution in [0.5, 0.6) is 0 Å². The molecule has 0 bridgehead atoms. The van der Waals surface area contributed by atoms with Crippen molar-refractivity contribution in [2.24, 2.45) is 0 Å². The van der Waals surface area contributed by atoms with Crippen LogP contribution in [0.2, 0.25) is 0 Å². The zero-order valence-corrected chi connectivity index (χ0v) is 11.9. The van der Waals surface area contributed by atoms with E-state index < -0.39 is 5.97 Å². The molecule has 0 saturated carbocycles. The van der Waals surface area contributed by atoms with Crippen LogP contribution >= 0.6 is 0 Å². The fourth-order valence-corrected chi connectivity index (χ4v) is 2.71. The molecule has 0 amide bonds. The number of hydrogen-bond acceptors (Lipinski definition) is 2. The molecule has 0 aliphatic carbocycles. The van der Waals surface area contributed by atoms with Crippen molar-refractivity contribution >= 4 is 16.9 Å². The molecular weight excluding hydrogens is 276 g/mol. The summed E-state index contributed by atoms with van der Waals surface area (Å²) in [4.78, 5) is 11.0. The van der Waals surface area contributed by atoms with Gasteiger partial charge in [-0.2, -0.15) is 5.26 Å². The highest BCUT2D eigenvalue weighted by atomic mass is 16.4. The van der Waals surface area contributed by atoms with Gasteiger partial charge in [0.15, 0.2) is 0 Å². The zero-order valence-electron chi connectivity index (χ0n) is 11.9. The Hall–Kier alpha value is -3.06. The Morgan fingerprint density at radius 3 is 2.59 bits per heavy atom. The highest BCUT2D eigenvalue weighted by molar-refractivity contribution is 5.87. The van der Waals surface area contributed by atoms with Gasteiger partial charge in [0.05, 0.1) is 18.1 Å². The number of carbonyl (C=O) groups is 1. The van der Waals surface area contributed by atoms with Crippen LogP contribution in [0.25, 0.3) is 10.9 Å². The molecule has 0 aliphatic heterocycles. The number of para-hydroxylation sites is 1. The average molecular weight is 290 g/mol. The standard InChI is InChI=1S/C18H14N2O2/c19-10-13-5-1-2-6-14(13)11-20-12-15(9-18(21)22)16-7-3-4-8-17(16)20/h1-8,12H,9,11H2,(H,21,22). The van der Waals surface area contributed by atoms with E-state index in [1.165, 1.54) is 0 Å². The van der Waals surface area contributed by atoms with Crippen LogP contribution in [0, 0.1) is 11.3 Å². The maximum absolute atomic E-state index is 11.0. The number of nitriles is 1. The summed E-state index contributed by atoms with van der Waals surface area (Å²) in [5, 5.41) is 19.2. The van der Waals surface area contributed by atoms with E-state index in [-0.39, 0.29) is 6.42 Å². The Morgan fingerprint density at radius 2 is 1.82 bits per heavy atom. The van der Waals surface area contributed by atoms with Crippen LogP contribution in [-0.4, -0.2) is 15.6 Å². The third-order valence-electron chi connectivity index (χ3n) is 3.69. The molecule has 1 N–H and O–H groups in total. The minimum atomic E-state index is -0.847. The number of aliphatic carboxylic acids is 1. The largest absolute Gasteiger partial charge is 0.481 e. The van der Waals surface area contributed by atoms with Crippen LogP contribution in [0.4, 0.5) is 0 Å². The van der Waals surface area contributed by atoms with Crippen LogP contribution in [0.1, 0.15) is 16.7 Å². The zero-order chi connectivity index (χ0) is 15.5. The lowest BCUT2D eigenvalue weighted by Crippen LogP contribution is -2.01. The number of carboxylic acids is 1. The first-order valence-corrected chi connectivity index (χ1v) is 6.95. The van der Waals surface area contributed by atoms with Gasteiger partial charge in [0.1, 0.15) is 0 Å². The number of hydrogen-bond donors (Lipinski definition) is 1. The molecule has 3 aromatic rings. The smallest absolute Gasteiger partial charge is 0.307 e. The van der Waals surface area contributed by atoms with Crippen LogP contribution in [0.15, 0.2) is 54.7 Å². The molecule has 0 radical (unpaired) electrons. The first kappa shape index (κ1) is 13.9. The highest BCUT2D eigenvalue weighted by Gasteiger charge is 2.12. The van der Waals surface area contributed by atoms with Crippen molar-refractivity contribution in [3.63, 3.8) is 0 Å². The van der Waals surface area contributed by atoms with Gasteiger partial charge in [0.25, 0.3) is 0 Å². The van der Waals surface area contributed by atoms with Gasteiger partial charge in [0.2, 0.25) is 0 Å². The molecule has 0 aliphatic rings. The molecule has 0 unspecified atom stereocenters. The molecule has 3 rings (SSSR count). The predicted octanol–water partition coefficient (Wildman–Crippen LogP) is 3.19. The summed E-state index contributed by atoms with van der Waals surface area (Å²) in [7, 11) is 0. The van der Waals surface area contributed by atoms with Gasteiger partial charge in [-0.1, -0.05) is 36.4 Å². The molecule has 1 aromatic heterocycles. The Kier molecular flexibility index (Phi) is 3.63. The van der Waals surface area contributed by atoms with Crippen molar-refractivity contribution in [2.75, 3.05) is 0 Å². The minimum absolute atomic E-state index is 0.00654. The molecule has 108 valence electrons. The minimum Gasteiger partial charge on any atom is -0.481 e. The number of benzene rings is 2. The third kappa shape index (κ3) is 2.57. The molecule has 4 heteroatoms. The van der Waals surface area contributed by atoms with Gasteiger partial charge >= 0.3 is 5.97 Å². The lowest BCUT2D eigenvalue weighted by Gasteiger charge is -2.07. The lowest BCUT2D eigenvalue weighted by atomic mass is 10.1. The van der Waals surface area contributed by atoms with Crippen molar-refractivity contribution < 1.29 is 9.90 Å². The maximum atomic E-state index is 11.0. The van der Waals surface area contributed by atoms with E-state index in [1.54, 1.807) is 6.07 Å². The van der Waals surface area contributed by atoms with E-state index in [1.807, 2.05) is 53.2 Å². The number of carboxylic acid groups (broad SMARTS) is 1. The van der Waals surface area contributed by atoms with E-state index in [0.29, 0.717) is 12.1 Å². The maximum Gasteiger partial charge on any atom is 0.307 e. The molecule has 0 saturated heterocycles. The second-order valence-corrected chi connectivity index (χ2v) is 5.14. The second-order valence-electron chi connectivity index (χ2n) is 5.14. The van der Waals surface area contributed by atoms with Crippen molar-refractivity contribution in [2.45, 2.75) is 13.0 Å².